The molecule has 0 fully saturated rings. The molecule has 0 aromatic heterocycles. The third-order valence-corrected chi connectivity index (χ3v) is 4.01. The highest BCUT2D eigenvalue weighted by Crippen LogP contribution is 2.40. The second-order valence-electron chi connectivity index (χ2n) is 5.43. The van der Waals surface area contributed by atoms with E-state index in [1.54, 1.807) is 37.3 Å². The van der Waals surface area contributed by atoms with E-state index in [2.05, 4.69) is 10.6 Å². The van der Waals surface area contributed by atoms with Crippen molar-refractivity contribution in [2.24, 2.45) is 0 Å². The number of carbonyl (C=O) groups excluding carboxylic acids is 1. The van der Waals surface area contributed by atoms with Crippen LogP contribution in [0.2, 0.25) is 10.0 Å². The van der Waals surface area contributed by atoms with Crippen LogP contribution < -0.4 is 24.8 Å². The van der Waals surface area contributed by atoms with Crippen LogP contribution in [-0.2, 0) is 4.79 Å². The summed E-state index contributed by atoms with van der Waals surface area (Å²) in [6.07, 6.45) is 0. The predicted molar refractivity (Wildman–Crippen MR) is 104 cm³/mol. The van der Waals surface area contributed by atoms with Gasteiger partial charge in [0.1, 0.15) is 6.04 Å². The van der Waals surface area contributed by atoms with Gasteiger partial charge in [0.15, 0.2) is 11.5 Å². The van der Waals surface area contributed by atoms with E-state index >= 15 is 0 Å². The molecule has 1 atom stereocenters. The fourth-order valence-electron chi connectivity index (χ4n) is 2.36. The fraction of sp³-hybridized carbons (Fsp3) is 0.278. The molecule has 0 unspecified atom stereocenters. The summed E-state index contributed by atoms with van der Waals surface area (Å²) < 4.78 is 15.9. The van der Waals surface area contributed by atoms with Crippen molar-refractivity contribution in [3.63, 3.8) is 0 Å². The first-order valence-corrected chi connectivity index (χ1v) is 8.47. The Balaban J connectivity index is 2.15. The highest BCUT2D eigenvalue weighted by atomic mass is 35.5. The molecule has 1 amide bonds. The maximum absolute atomic E-state index is 12.4. The molecule has 0 aliphatic rings. The lowest BCUT2D eigenvalue weighted by molar-refractivity contribution is -0.116. The number of ether oxygens (including phenoxy) is 3. The summed E-state index contributed by atoms with van der Waals surface area (Å²) in [5.41, 5.74) is 1.16. The molecule has 8 heteroatoms. The third kappa shape index (κ3) is 4.86. The summed E-state index contributed by atoms with van der Waals surface area (Å²) in [6.45, 7) is 1.73. The molecule has 0 heterocycles. The van der Waals surface area contributed by atoms with Crippen molar-refractivity contribution in [1.29, 1.82) is 0 Å². The van der Waals surface area contributed by atoms with Crippen LogP contribution in [0.3, 0.4) is 0 Å². The van der Waals surface area contributed by atoms with Crippen molar-refractivity contribution >= 4 is 40.5 Å². The smallest absolute Gasteiger partial charge is 0.246 e. The van der Waals surface area contributed by atoms with E-state index in [0.717, 1.165) is 0 Å². The maximum atomic E-state index is 12.4. The second kappa shape index (κ2) is 8.87. The van der Waals surface area contributed by atoms with E-state index in [0.29, 0.717) is 38.7 Å². The van der Waals surface area contributed by atoms with Crippen molar-refractivity contribution in [2.75, 3.05) is 32.0 Å². The van der Waals surface area contributed by atoms with Gasteiger partial charge in [-0.1, -0.05) is 23.2 Å². The van der Waals surface area contributed by atoms with Gasteiger partial charge in [0.2, 0.25) is 11.7 Å². The first-order valence-electron chi connectivity index (χ1n) is 7.71. The third-order valence-electron chi connectivity index (χ3n) is 3.57. The summed E-state index contributed by atoms with van der Waals surface area (Å²) >= 11 is 11.9. The Morgan fingerprint density at radius 2 is 1.42 bits per heavy atom. The average Bonchev–Trinajstić information content (AvgIpc) is 2.59. The Labute approximate surface area is 162 Å². The zero-order valence-electron chi connectivity index (χ0n) is 14.9. The van der Waals surface area contributed by atoms with E-state index in [1.807, 2.05) is 0 Å². The molecule has 0 saturated carbocycles. The molecule has 0 aliphatic carbocycles. The van der Waals surface area contributed by atoms with E-state index in [1.165, 1.54) is 21.3 Å². The number of amides is 1. The zero-order chi connectivity index (χ0) is 19.3. The highest BCUT2D eigenvalue weighted by molar-refractivity contribution is 6.35. The lowest BCUT2D eigenvalue weighted by Crippen LogP contribution is -2.31. The van der Waals surface area contributed by atoms with Gasteiger partial charge in [-0.2, -0.15) is 0 Å². The van der Waals surface area contributed by atoms with Crippen LogP contribution in [0.25, 0.3) is 0 Å². The SMILES string of the molecule is COc1cc(N[C@@H](C)C(=O)Nc2cc(Cl)cc(Cl)c2)cc(OC)c1OC. The quantitative estimate of drug-likeness (QED) is 0.720. The number of anilines is 2. The molecule has 2 aromatic carbocycles. The van der Waals surface area contributed by atoms with Gasteiger partial charge in [0.05, 0.1) is 21.3 Å². The lowest BCUT2D eigenvalue weighted by Gasteiger charge is -2.18. The zero-order valence-corrected chi connectivity index (χ0v) is 16.4. The summed E-state index contributed by atoms with van der Waals surface area (Å²) in [7, 11) is 4.58. The second-order valence-corrected chi connectivity index (χ2v) is 6.30. The predicted octanol–water partition coefficient (Wildman–Crippen LogP) is 4.46. The molecule has 26 heavy (non-hydrogen) atoms. The normalized spacial score (nSPS) is 11.5. The van der Waals surface area contributed by atoms with Gasteiger partial charge in [-0.15, -0.1) is 0 Å². The molecule has 6 nitrogen and oxygen atoms in total. The molecule has 0 spiro atoms. The number of hydrogen-bond acceptors (Lipinski definition) is 5. The minimum Gasteiger partial charge on any atom is -0.493 e. The van der Waals surface area contributed by atoms with Crippen molar-refractivity contribution in [3.8, 4) is 17.2 Å². The molecule has 140 valence electrons. The van der Waals surface area contributed by atoms with Gasteiger partial charge in [-0.25, -0.2) is 0 Å². The molecule has 2 N–H and O–H groups in total. The Hall–Kier alpha value is -2.31. The van der Waals surface area contributed by atoms with E-state index in [-0.39, 0.29) is 5.91 Å². The molecule has 0 aliphatic heterocycles. The molecular weight excluding hydrogens is 379 g/mol. The Morgan fingerprint density at radius 1 is 0.885 bits per heavy atom. The minimum absolute atomic E-state index is 0.253. The van der Waals surface area contributed by atoms with Crippen LogP contribution >= 0.6 is 23.2 Å². The fourth-order valence-corrected chi connectivity index (χ4v) is 2.88. The molecule has 0 saturated heterocycles. The van der Waals surface area contributed by atoms with Gasteiger partial charge in [-0.3, -0.25) is 4.79 Å². The van der Waals surface area contributed by atoms with Crippen molar-refractivity contribution in [1.82, 2.24) is 0 Å². The van der Waals surface area contributed by atoms with E-state index < -0.39 is 6.04 Å². The summed E-state index contributed by atoms with van der Waals surface area (Å²) in [5.74, 6) is 1.20. The van der Waals surface area contributed by atoms with Gasteiger partial charge >= 0.3 is 0 Å². The van der Waals surface area contributed by atoms with Crippen LogP contribution in [0.1, 0.15) is 6.92 Å². The van der Waals surface area contributed by atoms with Crippen LogP contribution in [0.5, 0.6) is 17.2 Å². The summed E-state index contributed by atoms with van der Waals surface area (Å²) in [5, 5.41) is 6.75. The van der Waals surface area contributed by atoms with Gasteiger partial charge < -0.3 is 24.8 Å². The largest absolute Gasteiger partial charge is 0.493 e. The number of halogens is 2. The monoisotopic (exact) mass is 398 g/mol. The first kappa shape index (κ1) is 20.0. The van der Waals surface area contributed by atoms with Crippen molar-refractivity contribution in [3.05, 3.63) is 40.4 Å². The first-order chi connectivity index (χ1) is 12.4. The molecule has 0 bridgehead atoms. The van der Waals surface area contributed by atoms with Crippen molar-refractivity contribution < 1.29 is 19.0 Å². The number of nitrogens with one attached hydrogen (secondary N) is 2. The number of benzene rings is 2. The summed E-state index contributed by atoms with van der Waals surface area (Å²) in [4.78, 5) is 12.4. The Morgan fingerprint density at radius 3 is 1.88 bits per heavy atom. The van der Waals surface area contributed by atoms with Gasteiger partial charge in [-0.05, 0) is 25.1 Å². The molecule has 2 aromatic rings. The van der Waals surface area contributed by atoms with Crippen LogP contribution in [0.4, 0.5) is 11.4 Å². The van der Waals surface area contributed by atoms with Gasteiger partial charge in [0.25, 0.3) is 0 Å². The van der Waals surface area contributed by atoms with Crippen LogP contribution in [-0.4, -0.2) is 33.3 Å². The minimum atomic E-state index is -0.546. The van der Waals surface area contributed by atoms with Gasteiger partial charge in [0, 0.05) is 33.6 Å². The van der Waals surface area contributed by atoms with Crippen LogP contribution in [0.15, 0.2) is 30.3 Å². The number of rotatable bonds is 7. The standard InChI is InChI=1S/C18H20Cl2N2O4/c1-10(18(23)22-13-6-11(19)5-12(20)7-13)21-14-8-15(24-2)17(26-4)16(9-14)25-3/h5-10,21H,1-4H3,(H,22,23)/t10-/m0/s1. The lowest BCUT2D eigenvalue weighted by atomic mass is 10.2. The molecule has 2 rings (SSSR count). The van der Waals surface area contributed by atoms with Crippen molar-refractivity contribution in [2.45, 2.75) is 13.0 Å². The summed E-state index contributed by atoms with van der Waals surface area (Å²) in [6, 6.07) is 7.74. The maximum Gasteiger partial charge on any atom is 0.246 e. The van der Waals surface area contributed by atoms with E-state index in [9.17, 15) is 4.79 Å². The van der Waals surface area contributed by atoms with Crippen LogP contribution in [0, 0.1) is 0 Å². The number of carbonyl (C=O) groups is 1. The number of hydrogen-bond donors (Lipinski definition) is 2. The Bertz CT molecular complexity index is 754. The molecular formula is C18H20Cl2N2O4. The average molecular weight is 399 g/mol. The number of methoxy groups -OCH3 is 3. The molecule has 0 radical (unpaired) electrons. The Kier molecular flexibility index (Phi) is 6.83. The topological polar surface area (TPSA) is 68.8 Å². The highest BCUT2D eigenvalue weighted by Gasteiger charge is 2.17. The van der Waals surface area contributed by atoms with E-state index in [4.69, 9.17) is 37.4 Å².